The Labute approximate surface area is 87.5 Å². The van der Waals surface area contributed by atoms with Crippen molar-refractivity contribution < 1.29 is 14.3 Å². The molecule has 1 aliphatic heterocycles. The number of ether oxygens (including phenoxy) is 1. The fraction of sp³-hybridized carbons (Fsp3) is 0.667. The number of carbonyl (C=O) groups excluding carboxylic acids is 2. The summed E-state index contributed by atoms with van der Waals surface area (Å²) in [5.74, 6) is 0.834. The lowest BCUT2D eigenvalue weighted by atomic mass is 9.68. The van der Waals surface area contributed by atoms with Crippen molar-refractivity contribution in [3.8, 4) is 0 Å². The maximum absolute atomic E-state index is 12.2. The summed E-state index contributed by atoms with van der Waals surface area (Å²) in [5, 5.41) is 0. The van der Waals surface area contributed by atoms with Gasteiger partial charge in [-0.2, -0.15) is 0 Å². The summed E-state index contributed by atoms with van der Waals surface area (Å²) in [6.45, 7) is 1.77. The molecule has 0 radical (unpaired) electrons. The molecule has 2 bridgehead atoms. The van der Waals surface area contributed by atoms with E-state index in [0.29, 0.717) is 11.8 Å². The van der Waals surface area contributed by atoms with E-state index in [0.717, 1.165) is 6.42 Å². The zero-order valence-corrected chi connectivity index (χ0v) is 8.47. The van der Waals surface area contributed by atoms with Crippen molar-refractivity contribution in [2.45, 2.75) is 25.0 Å². The minimum Gasteiger partial charge on any atom is -0.350 e. The van der Waals surface area contributed by atoms with Crippen LogP contribution in [0.15, 0.2) is 12.2 Å². The van der Waals surface area contributed by atoms with Crippen LogP contribution in [0.2, 0.25) is 0 Å². The molecular formula is C12H12O3. The Hall–Kier alpha value is -0.960. The first-order valence-corrected chi connectivity index (χ1v) is 5.57. The van der Waals surface area contributed by atoms with E-state index in [1.165, 1.54) is 0 Å². The van der Waals surface area contributed by atoms with Gasteiger partial charge in [-0.25, -0.2) is 0 Å². The van der Waals surface area contributed by atoms with Gasteiger partial charge in [0.15, 0.2) is 23.3 Å². The summed E-state index contributed by atoms with van der Waals surface area (Å²) in [7, 11) is 0. The van der Waals surface area contributed by atoms with Gasteiger partial charge >= 0.3 is 0 Å². The van der Waals surface area contributed by atoms with Gasteiger partial charge in [0.25, 0.3) is 0 Å². The zero-order chi connectivity index (χ0) is 10.4. The van der Waals surface area contributed by atoms with Crippen LogP contribution in [0.3, 0.4) is 0 Å². The van der Waals surface area contributed by atoms with Crippen LogP contribution in [-0.4, -0.2) is 23.3 Å². The molecule has 0 aromatic carbocycles. The van der Waals surface area contributed by atoms with E-state index in [4.69, 9.17) is 4.74 Å². The maximum Gasteiger partial charge on any atom is 0.171 e. The normalized spacial score (nSPS) is 59.4. The number of hydrogen-bond donors (Lipinski definition) is 0. The molecule has 1 saturated heterocycles. The van der Waals surface area contributed by atoms with Gasteiger partial charge in [0.2, 0.25) is 0 Å². The van der Waals surface area contributed by atoms with Crippen molar-refractivity contribution in [1.82, 2.24) is 0 Å². The molecule has 15 heavy (non-hydrogen) atoms. The van der Waals surface area contributed by atoms with E-state index in [-0.39, 0.29) is 23.4 Å². The summed E-state index contributed by atoms with van der Waals surface area (Å²) in [5.41, 5.74) is -0.753. The average Bonchev–Trinajstić information content (AvgIpc) is 2.64. The Kier molecular flexibility index (Phi) is 1.15. The van der Waals surface area contributed by atoms with Crippen LogP contribution < -0.4 is 0 Å². The molecule has 3 nitrogen and oxygen atoms in total. The molecule has 3 heteroatoms. The van der Waals surface area contributed by atoms with Crippen molar-refractivity contribution in [3.63, 3.8) is 0 Å². The van der Waals surface area contributed by atoms with Gasteiger partial charge in [0, 0.05) is 11.8 Å². The Bertz CT molecular complexity index is 425. The molecular weight excluding hydrogens is 192 g/mol. The number of carbonyl (C=O) groups is 2. The first kappa shape index (κ1) is 8.22. The number of Topliss-reactive ketones (excluding diaryl/α,β-unsaturated/α-hetero) is 2. The number of rotatable bonds is 0. The summed E-state index contributed by atoms with van der Waals surface area (Å²) < 4.78 is 5.32. The highest BCUT2D eigenvalue weighted by molar-refractivity contribution is 6.09. The molecule has 4 aliphatic rings. The molecule has 3 aliphatic carbocycles. The lowest BCUT2D eigenvalue weighted by molar-refractivity contribution is -0.138. The van der Waals surface area contributed by atoms with Crippen LogP contribution in [0.25, 0.3) is 0 Å². The second-order valence-electron chi connectivity index (χ2n) is 5.37. The molecule has 0 amide bonds. The number of epoxide rings is 1. The fourth-order valence-electron chi connectivity index (χ4n) is 3.80. The number of allylic oxidation sites excluding steroid dienone is 2. The van der Waals surface area contributed by atoms with Crippen molar-refractivity contribution in [2.24, 2.45) is 23.7 Å². The molecule has 2 saturated carbocycles. The highest BCUT2D eigenvalue weighted by atomic mass is 16.6. The second kappa shape index (κ2) is 2.09. The van der Waals surface area contributed by atoms with Gasteiger partial charge in [0.05, 0.1) is 0 Å². The van der Waals surface area contributed by atoms with E-state index in [1.807, 2.05) is 0 Å². The van der Waals surface area contributed by atoms with E-state index in [9.17, 15) is 9.59 Å². The third-order valence-electron chi connectivity index (χ3n) is 4.64. The molecule has 6 atom stereocenters. The first-order chi connectivity index (χ1) is 7.13. The second-order valence-corrected chi connectivity index (χ2v) is 5.37. The number of ketones is 2. The third kappa shape index (κ3) is 0.718. The number of fused-ring (bicyclic) bond motifs is 6. The molecule has 0 aromatic heterocycles. The van der Waals surface area contributed by atoms with Gasteiger partial charge in [0.1, 0.15) is 0 Å². The summed E-state index contributed by atoms with van der Waals surface area (Å²) in [4.78, 5) is 24.3. The van der Waals surface area contributed by atoms with Crippen LogP contribution in [0.5, 0.6) is 0 Å². The average molecular weight is 204 g/mol. The first-order valence-electron chi connectivity index (χ1n) is 5.57. The van der Waals surface area contributed by atoms with E-state index in [2.05, 4.69) is 12.2 Å². The highest BCUT2D eigenvalue weighted by Crippen LogP contribution is 2.58. The summed E-state index contributed by atoms with van der Waals surface area (Å²) in [6, 6.07) is 0. The third-order valence-corrected chi connectivity index (χ3v) is 4.64. The molecule has 1 heterocycles. The highest BCUT2D eigenvalue weighted by Gasteiger charge is 2.72. The molecule has 6 unspecified atom stereocenters. The molecule has 0 aromatic rings. The van der Waals surface area contributed by atoms with E-state index >= 15 is 0 Å². The van der Waals surface area contributed by atoms with Gasteiger partial charge in [-0.1, -0.05) is 12.2 Å². The van der Waals surface area contributed by atoms with Gasteiger partial charge in [-0.15, -0.1) is 0 Å². The van der Waals surface area contributed by atoms with E-state index in [1.54, 1.807) is 6.92 Å². The van der Waals surface area contributed by atoms with Crippen LogP contribution in [0.1, 0.15) is 13.3 Å². The minimum absolute atomic E-state index is 0.0620. The molecule has 0 N–H and O–H groups in total. The molecule has 78 valence electrons. The standard InChI is InChI=1S/C12H12O3/c1-12-10(14)8-6-3-2-5(4-6)7(8)9(13)11(12)15-12/h2-3,5-8,11H,4H2,1H3. The smallest absolute Gasteiger partial charge is 0.171 e. The van der Waals surface area contributed by atoms with Gasteiger partial charge < -0.3 is 4.74 Å². The van der Waals surface area contributed by atoms with Crippen molar-refractivity contribution in [2.75, 3.05) is 0 Å². The summed E-state index contributed by atoms with van der Waals surface area (Å²) in [6.07, 6.45) is 4.81. The monoisotopic (exact) mass is 204 g/mol. The lowest BCUT2D eigenvalue weighted by Crippen LogP contribution is -2.47. The van der Waals surface area contributed by atoms with Gasteiger partial charge in [-0.05, 0) is 25.2 Å². The van der Waals surface area contributed by atoms with Crippen molar-refractivity contribution >= 4 is 11.6 Å². The minimum atomic E-state index is -0.753. The Morgan fingerprint density at radius 3 is 2.67 bits per heavy atom. The quantitative estimate of drug-likeness (QED) is 0.432. The zero-order valence-electron chi connectivity index (χ0n) is 8.47. The molecule has 3 fully saturated rings. The predicted molar refractivity (Wildman–Crippen MR) is 51.0 cm³/mol. The van der Waals surface area contributed by atoms with Crippen LogP contribution in [-0.2, 0) is 14.3 Å². The lowest BCUT2D eigenvalue weighted by Gasteiger charge is -2.30. The Morgan fingerprint density at radius 2 is 1.93 bits per heavy atom. The fourth-order valence-corrected chi connectivity index (χ4v) is 3.80. The number of hydrogen-bond acceptors (Lipinski definition) is 3. The van der Waals surface area contributed by atoms with Crippen LogP contribution in [0, 0.1) is 23.7 Å². The predicted octanol–water partition coefficient (Wildman–Crippen LogP) is 0.734. The topological polar surface area (TPSA) is 46.7 Å². The molecule has 0 spiro atoms. The largest absolute Gasteiger partial charge is 0.350 e. The van der Waals surface area contributed by atoms with E-state index < -0.39 is 11.7 Å². The van der Waals surface area contributed by atoms with Crippen molar-refractivity contribution in [1.29, 1.82) is 0 Å². The van der Waals surface area contributed by atoms with Gasteiger partial charge in [-0.3, -0.25) is 9.59 Å². The van der Waals surface area contributed by atoms with Crippen molar-refractivity contribution in [3.05, 3.63) is 12.2 Å². The molecule has 4 rings (SSSR count). The summed E-state index contributed by atoms with van der Waals surface area (Å²) >= 11 is 0. The SMILES string of the molecule is CC12OC1C(=O)C1C3C=CC(C3)C1C2=O. The van der Waals surface area contributed by atoms with Crippen LogP contribution in [0.4, 0.5) is 0 Å². The Balaban J connectivity index is 1.85. The maximum atomic E-state index is 12.2. The van der Waals surface area contributed by atoms with Crippen LogP contribution >= 0.6 is 0 Å². The Morgan fingerprint density at radius 1 is 1.27 bits per heavy atom.